The Labute approximate surface area is 113 Å². The molecule has 0 spiro atoms. The number of hydrazone groups is 1. The van der Waals surface area contributed by atoms with Gasteiger partial charge in [0.1, 0.15) is 0 Å². The van der Waals surface area contributed by atoms with E-state index >= 15 is 0 Å². The van der Waals surface area contributed by atoms with Crippen LogP contribution in [0.4, 0.5) is 0 Å². The van der Waals surface area contributed by atoms with Crippen LogP contribution in [0.3, 0.4) is 0 Å². The minimum Gasteiger partial charge on any atom is -0.353 e. The Balaban J connectivity index is 2.24. The van der Waals surface area contributed by atoms with E-state index in [-0.39, 0.29) is 5.41 Å². The number of aromatic nitrogens is 1. The molecule has 0 saturated heterocycles. The van der Waals surface area contributed by atoms with Crippen molar-refractivity contribution in [2.45, 2.75) is 45.4 Å². The summed E-state index contributed by atoms with van der Waals surface area (Å²) in [5, 5.41) is 5.28. The van der Waals surface area contributed by atoms with Crippen LogP contribution in [0.1, 0.15) is 50.4 Å². The van der Waals surface area contributed by atoms with Crippen LogP contribution in [-0.2, 0) is 11.8 Å². The molecular weight excluding hydrogens is 234 g/mol. The Morgan fingerprint density at radius 1 is 1.21 bits per heavy atom. The Morgan fingerprint density at radius 3 is 2.68 bits per heavy atom. The molecule has 0 amide bonds. The molecule has 1 aliphatic carbocycles. The van der Waals surface area contributed by atoms with Crippen LogP contribution in [0, 0.1) is 0 Å². The van der Waals surface area contributed by atoms with Gasteiger partial charge in [-0.3, -0.25) is 0 Å². The van der Waals surface area contributed by atoms with Crippen molar-refractivity contribution in [1.29, 1.82) is 0 Å². The molecule has 0 radical (unpaired) electrons. The topological polar surface area (TPSA) is 54.2 Å². The van der Waals surface area contributed by atoms with E-state index < -0.39 is 0 Å². The number of aromatic amines is 1. The maximum absolute atomic E-state index is 5.51. The fourth-order valence-electron chi connectivity index (χ4n) is 2.91. The van der Waals surface area contributed by atoms with E-state index in [0.717, 1.165) is 30.7 Å². The quantitative estimate of drug-likeness (QED) is 0.549. The number of nitrogens with one attached hydrogen (secondary N) is 1. The van der Waals surface area contributed by atoms with Crippen LogP contribution >= 0.6 is 0 Å². The highest BCUT2D eigenvalue weighted by Crippen LogP contribution is 2.32. The van der Waals surface area contributed by atoms with Gasteiger partial charge in [-0.15, -0.1) is 0 Å². The van der Waals surface area contributed by atoms with Crippen LogP contribution in [-0.4, -0.2) is 10.7 Å². The molecule has 0 bridgehead atoms. The third kappa shape index (κ3) is 1.93. The van der Waals surface area contributed by atoms with Crippen LogP contribution in [0.5, 0.6) is 0 Å². The highest BCUT2D eigenvalue weighted by Gasteiger charge is 2.22. The SMILES string of the molecule is CC(C)(C)c1ccc2[nH]c3c(c2c1)CCC/C3=N/N. The predicted molar refractivity (Wildman–Crippen MR) is 80.7 cm³/mol. The number of hydrogen-bond acceptors (Lipinski definition) is 2. The fraction of sp³-hybridized carbons (Fsp3) is 0.438. The fourth-order valence-corrected chi connectivity index (χ4v) is 2.91. The summed E-state index contributed by atoms with van der Waals surface area (Å²) in [6.45, 7) is 6.75. The second kappa shape index (κ2) is 4.12. The van der Waals surface area contributed by atoms with Gasteiger partial charge in [-0.1, -0.05) is 26.8 Å². The van der Waals surface area contributed by atoms with Crippen molar-refractivity contribution in [1.82, 2.24) is 4.98 Å². The molecule has 1 heterocycles. The van der Waals surface area contributed by atoms with Crippen molar-refractivity contribution in [2.24, 2.45) is 10.9 Å². The molecule has 100 valence electrons. The average Bonchev–Trinajstić information content (AvgIpc) is 2.75. The largest absolute Gasteiger partial charge is 0.353 e. The summed E-state index contributed by atoms with van der Waals surface area (Å²) < 4.78 is 0. The van der Waals surface area contributed by atoms with Crippen molar-refractivity contribution in [3.05, 3.63) is 35.0 Å². The van der Waals surface area contributed by atoms with Crippen LogP contribution in [0.2, 0.25) is 0 Å². The molecule has 0 aliphatic heterocycles. The highest BCUT2D eigenvalue weighted by molar-refractivity contribution is 6.06. The first-order valence-corrected chi connectivity index (χ1v) is 6.93. The molecular formula is C16H21N3. The summed E-state index contributed by atoms with van der Waals surface area (Å²) >= 11 is 0. The first kappa shape index (κ1) is 12.3. The van der Waals surface area contributed by atoms with E-state index in [1.807, 2.05) is 0 Å². The lowest BCUT2D eigenvalue weighted by Crippen LogP contribution is -2.13. The van der Waals surface area contributed by atoms with Crippen molar-refractivity contribution >= 4 is 16.6 Å². The predicted octanol–water partition coefficient (Wildman–Crippen LogP) is 3.46. The van der Waals surface area contributed by atoms with Gasteiger partial charge in [0.05, 0.1) is 11.4 Å². The zero-order valence-corrected chi connectivity index (χ0v) is 11.9. The third-order valence-corrected chi connectivity index (χ3v) is 4.06. The molecule has 3 heteroatoms. The number of nitrogens with zero attached hydrogens (tertiary/aromatic N) is 1. The Morgan fingerprint density at radius 2 is 2.00 bits per heavy atom. The Kier molecular flexibility index (Phi) is 2.66. The van der Waals surface area contributed by atoms with E-state index in [2.05, 4.69) is 49.1 Å². The second-order valence-corrected chi connectivity index (χ2v) is 6.42. The number of fused-ring (bicyclic) bond motifs is 3. The lowest BCUT2D eigenvalue weighted by atomic mass is 9.85. The molecule has 3 nitrogen and oxygen atoms in total. The van der Waals surface area contributed by atoms with Crippen LogP contribution in [0.25, 0.3) is 10.9 Å². The summed E-state index contributed by atoms with van der Waals surface area (Å²) in [5.74, 6) is 5.51. The summed E-state index contributed by atoms with van der Waals surface area (Å²) in [7, 11) is 0. The molecule has 1 aliphatic rings. The molecule has 1 aromatic carbocycles. The minimum absolute atomic E-state index is 0.178. The molecule has 2 aromatic rings. The molecule has 0 fully saturated rings. The van der Waals surface area contributed by atoms with Crippen LogP contribution < -0.4 is 5.84 Å². The lowest BCUT2D eigenvalue weighted by Gasteiger charge is -2.19. The standard InChI is InChI=1S/C16H21N3/c1-16(2,3)10-7-8-13-12(9-10)11-5-4-6-14(19-17)15(11)18-13/h7-9,18H,4-6,17H2,1-3H3/b19-14-. The number of rotatable bonds is 0. The summed E-state index contributed by atoms with van der Waals surface area (Å²) in [6.07, 6.45) is 3.22. The Bertz CT molecular complexity index is 656. The van der Waals surface area contributed by atoms with E-state index in [1.54, 1.807) is 0 Å². The van der Waals surface area contributed by atoms with Gasteiger partial charge in [-0.25, -0.2) is 0 Å². The Hall–Kier alpha value is -1.77. The normalized spacial score (nSPS) is 17.9. The second-order valence-electron chi connectivity index (χ2n) is 6.42. The van der Waals surface area contributed by atoms with Crippen molar-refractivity contribution < 1.29 is 0 Å². The van der Waals surface area contributed by atoms with Gasteiger partial charge in [0.2, 0.25) is 0 Å². The lowest BCUT2D eigenvalue weighted by molar-refractivity contribution is 0.591. The zero-order chi connectivity index (χ0) is 13.6. The van der Waals surface area contributed by atoms with E-state index in [0.29, 0.717) is 0 Å². The van der Waals surface area contributed by atoms with Crippen molar-refractivity contribution in [3.8, 4) is 0 Å². The maximum atomic E-state index is 5.51. The minimum atomic E-state index is 0.178. The van der Waals surface area contributed by atoms with E-state index in [1.165, 1.54) is 22.0 Å². The van der Waals surface area contributed by atoms with Gasteiger partial charge in [-0.05, 0) is 47.9 Å². The van der Waals surface area contributed by atoms with E-state index in [9.17, 15) is 0 Å². The van der Waals surface area contributed by atoms with Crippen LogP contribution in [0.15, 0.2) is 23.3 Å². The monoisotopic (exact) mass is 255 g/mol. The van der Waals surface area contributed by atoms with Crippen molar-refractivity contribution in [3.63, 3.8) is 0 Å². The number of hydrogen-bond donors (Lipinski definition) is 2. The molecule has 0 saturated carbocycles. The van der Waals surface area contributed by atoms with Gasteiger partial charge in [0.15, 0.2) is 0 Å². The molecule has 3 rings (SSSR count). The molecule has 0 atom stereocenters. The molecule has 1 aromatic heterocycles. The summed E-state index contributed by atoms with van der Waals surface area (Å²) in [6, 6.07) is 6.72. The van der Waals surface area contributed by atoms with Gasteiger partial charge < -0.3 is 10.8 Å². The number of H-pyrrole nitrogens is 1. The first-order chi connectivity index (χ1) is 9.00. The smallest absolute Gasteiger partial charge is 0.0837 e. The average molecular weight is 255 g/mol. The number of nitrogens with two attached hydrogens (primary N) is 1. The maximum Gasteiger partial charge on any atom is 0.0837 e. The highest BCUT2D eigenvalue weighted by atomic mass is 15.1. The van der Waals surface area contributed by atoms with E-state index in [4.69, 9.17) is 5.84 Å². The van der Waals surface area contributed by atoms with Gasteiger partial charge in [-0.2, -0.15) is 5.10 Å². The summed E-state index contributed by atoms with van der Waals surface area (Å²) in [5.41, 5.74) is 6.29. The van der Waals surface area contributed by atoms with Crippen molar-refractivity contribution in [2.75, 3.05) is 0 Å². The molecule has 3 N–H and O–H groups in total. The van der Waals surface area contributed by atoms with Gasteiger partial charge in [0, 0.05) is 10.9 Å². The molecule has 19 heavy (non-hydrogen) atoms. The summed E-state index contributed by atoms with van der Waals surface area (Å²) in [4.78, 5) is 3.48. The van der Waals surface area contributed by atoms with Gasteiger partial charge in [0.25, 0.3) is 0 Å². The number of benzene rings is 1. The number of aryl methyl sites for hydroxylation is 1. The van der Waals surface area contributed by atoms with Gasteiger partial charge >= 0.3 is 0 Å². The molecule has 0 unspecified atom stereocenters. The first-order valence-electron chi connectivity index (χ1n) is 6.93. The third-order valence-electron chi connectivity index (χ3n) is 4.06. The zero-order valence-electron chi connectivity index (χ0n) is 11.9.